The Balaban J connectivity index is 1.62. The van der Waals surface area contributed by atoms with Gasteiger partial charge in [-0.3, -0.25) is 0 Å². The van der Waals surface area contributed by atoms with E-state index in [4.69, 9.17) is 0 Å². The smallest absolute Gasteiger partial charge is 0.206 e. The molecule has 3 aromatic heterocycles. The molecule has 7 heteroatoms. The highest BCUT2D eigenvalue weighted by Crippen LogP contribution is 2.28. The number of thioether (sulfide) groups is 1. The van der Waals surface area contributed by atoms with Gasteiger partial charge in [0.1, 0.15) is 5.65 Å². The maximum Gasteiger partial charge on any atom is 0.206 e. The highest BCUT2D eigenvalue weighted by atomic mass is 32.2. The van der Waals surface area contributed by atoms with Crippen LogP contribution in [0, 0.1) is 0 Å². The second kappa shape index (κ2) is 6.23. The molecular weight excluding hydrogens is 290 g/mol. The molecule has 0 radical (unpaired) electrons. The monoisotopic (exact) mass is 305 g/mol. The van der Waals surface area contributed by atoms with Crippen LogP contribution < -0.4 is 5.32 Å². The predicted molar refractivity (Wildman–Crippen MR) is 83.4 cm³/mol. The third kappa shape index (κ3) is 3.10. The molecule has 0 aliphatic heterocycles. The fourth-order valence-corrected chi connectivity index (χ4v) is 3.43. The lowest BCUT2D eigenvalue weighted by molar-refractivity contribution is 0.951. The van der Waals surface area contributed by atoms with Gasteiger partial charge in [0.15, 0.2) is 4.34 Å². The molecule has 0 fully saturated rings. The quantitative estimate of drug-likeness (QED) is 0.708. The summed E-state index contributed by atoms with van der Waals surface area (Å²) in [5, 5.41) is 12.4. The van der Waals surface area contributed by atoms with Gasteiger partial charge < -0.3 is 9.72 Å². The van der Waals surface area contributed by atoms with E-state index in [1.165, 1.54) is 0 Å². The lowest BCUT2D eigenvalue weighted by Crippen LogP contribution is -1.98. The Morgan fingerprint density at radius 2 is 2.30 bits per heavy atom. The second-order valence-electron chi connectivity index (χ2n) is 4.29. The molecule has 3 heterocycles. The first kappa shape index (κ1) is 13.4. The van der Waals surface area contributed by atoms with E-state index in [-0.39, 0.29) is 0 Å². The van der Waals surface area contributed by atoms with Crippen LogP contribution in [0.1, 0.15) is 19.0 Å². The Hall–Kier alpha value is -1.60. The Morgan fingerprint density at radius 1 is 1.35 bits per heavy atom. The van der Waals surface area contributed by atoms with E-state index in [2.05, 4.69) is 33.6 Å². The van der Waals surface area contributed by atoms with Gasteiger partial charge in [0.2, 0.25) is 5.13 Å². The highest BCUT2D eigenvalue weighted by molar-refractivity contribution is 8.00. The van der Waals surface area contributed by atoms with Crippen molar-refractivity contribution >= 4 is 33.9 Å². The Bertz CT molecular complexity index is 658. The normalized spacial score (nSPS) is 11.1. The third-order valence-electron chi connectivity index (χ3n) is 2.69. The third-order valence-corrected chi connectivity index (χ3v) is 4.74. The maximum absolute atomic E-state index is 4.57. The van der Waals surface area contributed by atoms with Crippen LogP contribution in [0.25, 0.3) is 5.65 Å². The molecule has 0 aliphatic carbocycles. The molecule has 20 heavy (non-hydrogen) atoms. The summed E-state index contributed by atoms with van der Waals surface area (Å²) in [6.07, 6.45) is 5.15. The number of imidazole rings is 1. The first-order valence-electron chi connectivity index (χ1n) is 6.48. The van der Waals surface area contributed by atoms with Crippen LogP contribution in [-0.4, -0.2) is 26.1 Å². The van der Waals surface area contributed by atoms with Crippen molar-refractivity contribution in [3.8, 4) is 0 Å². The van der Waals surface area contributed by atoms with Crippen molar-refractivity contribution < 1.29 is 0 Å². The van der Waals surface area contributed by atoms with Gasteiger partial charge in [-0.05, 0) is 18.6 Å². The lowest BCUT2D eigenvalue weighted by atomic mass is 10.5. The SMILES string of the molecule is CCCNc1nnc(SCc2cn3ccccc3n2)s1. The van der Waals surface area contributed by atoms with Crippen molar-refractivity contribution in [2.45, 2.75) is 23.4 Å². The van der Waals surface area contributed by atoms with Gasteiger partial charge in [0, 0.05) is 24.7 Å². The van der Waals surface area contributed by atoms with Crippen molar-refractivity contribution in [3.63, 3.8) is 0 Å². The van der Waals surface area contributed by atoms with Crippen molar-refractivity contribution in [2.75, 3.05) is 11.9 Å². The van der Waals surface area contributed by atoms with Gasteiger partial charge in [-0.25, -0.2) is 4.98 Å². The minimum atomic E-state index is 0.810. The van der Waals surface area contributed by atoms with E-state index in [9.17, 15) is 0 Å². The van der Waals surface area contributed by atoms with Crippen LogP contribution in [0.3, 0.4) is 0 Å². The minimum absolute atomic E-state index is 0.810. The van der Waals surface area contributed by atoms with E-state index in [1.54, 1.807) is 23.1 Å². The summed E-state index contributed by atoms with van der Waals surface area (Å²) in [6, 6.07) is 6.00. The summed E-state index contributed by atoms with van der Waals surface area (Å²) in [6.45, 7) is 3.07. The molecule has 0 aromatic carbocycles. The molecule has 0 bridgehead atoms. The maximum atomic E-state index is 4.57. The zero-order valence-electron chi connectivity index (χ0n) is 11.1. The van der Waals surface area contributed by atoms with Crippen LogP contribution in [0.4, 0.5) is 5.13 Å². The molecule has 0 unspecified atom stereocenters. The number of hydrogen-bond acceptors (Lipinski definition) is 6. The van der Waals surface area contributed by atoms with Gasteiger partial charge in [0.05, 0.1) is 5.69 Å². The molecule has 3 rings (SSSR count). The minimum Gasteiger partial charge on any atom is -0.360 e. The number of pyridine rings is 1. The Morgan fingerprint density at radius 3 is 3.15 bits per heavy atom. The summed E-state index contributed by atoms with van der Waals surface area (Å²) in [4.78, 5) is 4.57. The number of fused-ring (bicyclic) bond motifs is 1. The second-order valence-corrected chi connectivity index (χ2v) is 6.49. The zero-order chi connectivity index (χ0) is 13.8. The van der Waals surface area contributed by atoms with E-state index >= 15 is 0 Å². The molecule has 0 aliphatic rings. The summed E-state index contributed by atoms with van der Waals surface area (Å²) in [5.41, 5.74) is 2.03. The van der Waals surface area contributed by atoms with E-state index in [0.717, 1.165) is 39.5 Å². The number of rotatable bonds is 6. The first-order chi connectivity index (χ1) is 9.85. The molecule has 3 aromatic rings. The molecule has 1 N–H and O–H groups in total. The highest BCUT2D eigenvalue weighted by Gasteiger charge is 2.06. The standard InChI is InChI=1S/C13H15N5S2/c1-2-6-14-12-16-17-13(20-12)19-9-10-8-18-7-4-3-5-11(18)15-10/h3-5,7-8H,2,6,9H2,1H3,(H,14,16). The van der Waals surface area contributed by atoms with Gasteiger partial charge in [0.25, 0.3) is 0 Å². The Labute approximate surface area is 125 Å². The average Bonchev–Trinajstić information content (AvgIpc) is 3.09. The molecule has 104 valence electrons. The van der Waals surface area contributed by atoms with E-state index in [1.807, 2.05) is 28.8 Å². The van der Waals surface area contributed by atoms with Crippen LogP contribution in [0.15, 0.2) is 34.9 Å². The zero-order valence-corrected chi connectivity index (χ0v) is 12.7. The summed E-state index contributed by atoms with van der Waals surface area (Å²) in [5.74, 6) is 0.810. The lowest BCUT2D eigenvalue weighted by Gasteiger charge is -1.95. The van der Waals surface area contributed by atoms with Gasteiger partial charge in [-0.1, -0.05) is 36.1 Å². The first-order valence-corrected chi connectivity index (χ1v) is 8.28. The van der Waals surface area contributed by atoms with Crippen molar-refractivity contribution in [3.05, 3.63) is 36.3 Å². The van der Waals surface area contributed by atoms with Crippen molar-refractivity contribution in [2.24, 2.45) is 0 Å². The number of nitrogens with zero attached hydrogens (tertiary/aromatic N) is 4. The van der Waals surface area contributed by atoms with Crippen LogP contribution in [0.5, 0.6) is 0 Å². The molecule has 0 amide bonds. The molecule has 0 saturated carbocycles. The number of hydrogen-bond donors (Lipinski definition) is 1. The predicted octanol–water partition coefficient (Wildman–Crippen LogP) is 3.30. The average molecular weight is 305 g/mol. The molecule has 0 spiro atoms. The largest absolute Gasteiger partial charge is 0.360 e. The Kier molecular flexibility index (Phi) is 4.17. The van der Waals surface area contributed by atoms with Crippen molar-refractivity contribution in [1.29, 1.82) is 0 Å². The number of nitrogens with one attached hydrogen (secondary N) is 1. The van der Waals surface area contributed by atoms with E-state index in [0.29, 0.717) is 0 Å². The van der Waals surface area contributed by atoms with E-state index < -0.39 is 0 Å². The van der Waals surface area contributed by atoms with Gasteiger partial charge in [-0.15, -0.1) is 10.2 Å². The summed E-state index contributed by atoms with van der Waals surface area (Å²) >= 11 is 3.27. The summed E-state index contributed by atoms with van der Waals surface area (Å²) in [7, 11) is 0. The molecule has 5 nitrogen and oxygen atoms in total. The fraction of sp³-hybridized carbons (Fsp3) is 0.308. The van der Waals surface area contributed by atoms with Crippen LogP contribution in [0.2, 0.25) is 0 Å². The van der Waals surface area contributed by atoms with Crippen molar-refractivity contribution in [1.82, 2.24) is 19.6 Å². The number of anilines is 1. The van der Waals surface area contributed by atoms with Crippen LogP contribution >= 0.6 is 23.1 Å². The topological polar surface area (TPSA) is 55.1 Å². The van der Waals surface area contributed by atoms with Gasteiger partial charge >= 0.3 is 0 Å². The summed E-state index contributed by atoms with van der Waals surface area (Å²) < 4.78 is 3.00. The van der Waals surface area contributed by atoms with Gasteiger partial charge in [-0.2, -0.15) is 0 Å². The molecule has 0 saturated heterocycles. The van der Waals surface area contributed by atoms with Crippen LogP contribution in [-0.2, 0) is 5.75 Å². The fourth-order valence-electron chi connectivity index (χ4n) is 1.76. The molecule has 0 atom stereocenters. The molecular formula is C13H15N5S2. The number of aromatic nitrogens is 4.